The van der Waals surface area contributed by atoms with Crippen LogP contribution in [-0.4, -0.2) is 21.0 Å². The molecule has 0 aliphatic rings. The molecule has 0 bridgehead atoms. The van der Waals surface area contributed by atoms with Gasteiger partial charge in [0.1, 0.15) is 0 Å². The van der Waals surface area contributed by atoms with Gasteiger partial charge in [0.15, 0.2) is 8.32 Å². The normalized spacial score (nSPS) is 13.2. The van der Waals surface area contributed by atoms with E-state index in [-0.39, 0.29) is 11.1 Å². The molecule has 0 heterocycles. The predicted molar refractivity (Wildman–Crippen MR) is 115 cm³/mol. The summed E-state index contributed by atoms with van der Waals surface area (Å²) >= 11 is 0. The van der Waals surface area contributed by atoms with E-state index in [1.54, 1.807) is 0 Å². The summed E-state index contributed by atoms with van der Waals surface area (Å²) in [5.74, 6) is 6.65. The molecule has 0 radical (unpaired) electrons. The van der Waals surface area contributed by atoms with Crippen molar-refractivity contribution in [2.75, 3.05) is 6.61 Å². The average molecular weight is 375 g/mol. The second kappa shape index (κ2) is 11.6. The standard InChI is InChI=1S/C23H38O2Si/c1-7-8-9-10-14-17-22(25-26(5,6)23(2,3)4)18-19-24-20-21-15-12-11-13-16-21/h11-13,15-16,22H,7-9,17-20H2,1-6H3/t22-/m1/s1. The van der Waals surface area contributed by atoms with Crippen molar-refractivity contribution in [1.82, 2.24) is 0 Å². The lowest BCUT2D eigenvalue weighted by Gasteiger charge is -2.39. The van der Waals surface area contributed by atoms with Crippen LogP contribution in [0.25, 0.3) is 0 Å². The van der Waals surface area contributed by atoms with Crippen molar-refractivity contribution in [3.8, 4) is 11.8 Å². The molecule has 0 saturated carbocycles. The quantitative estimate of drug-likeness (QED) is 0.262. The smallest absolute Gasteiger partial charge is 0.192 e. The monoisotopic (exact) mass is 374 g/mol. The van der Waals surface area contributed by atoms with Gasteiger partial charge >= 0.3 is 0 Å². The van der Waals surface area contributed by atoms with Crippen molar-refractivity contribution in [3.05, 3.63) is 35.9 Å². The molecule has 0 spiro atoms. The molecular formula is C23H38O2Si. The number of benzene rings is 1. The molecule has 2 nitrogen and oxygen atoms in total. The molecule has 0 unspecified atom stereocenters. The Labute approximate surface area is 162 Å². The Bertz CT molecular complexity index is 549. The summed E-state index contributed by atoms with van der Waals surface area (Å²) in [5, 5.41) is 0.214. The van der Waals surface area contributed by atoms with Crippen LogP contribution in [0.1, 0.15) is 65.4 Å². The van der Waals surface area contributed by atoms with E-state index in [1.807, 2.05) is 18.2 Å². The minimum atomic E-state index is -1.79. The third-order valence-electron chi connectivity index (χ3n) is 5.07. The van der Waals surface area contributed by atoms with Gasteiger partial charge in [-0.05, 0) is 36.5 Å². The van der Waals surface area contributed by atoms with Gasteiger partial charge in [-0.25, -0.2) is 0 Å². The third-order valence-corrected chi connectivity index (χ3v) is 9.61. The fourth-order valence-corrected chi connectivity index (χ4v) is 3.70. The molecule has 3 heteroatoms. The van der Waals surface area contributed by atoms with Crippen LogP contribution >= 0.6 is 0 Å². The van der Waals surface area contributed by atoms with Gasteiger partial charge < -0.3 is 9.16 Å². The molecule has 1 rings (SSSR count). The summed E-state index contributed by atoms with van der Waals surface area (Å²) in [6, 6.07) is 10.3. The first-order valence-corrected chi connectivity index (χ1v) is 12.9. The van der Waals surface area contributed by atoms with Crippen molar-refractivity contribution < 1.29 is 9.16 Å². The Morgan fingerprint density at radius 2 is 1.77 bits per heavy atom. The minimum Gasteiger partial charge on any atom is -0.413 e. The number of hydrogen-bond acceptors (Lipinski definition) is 2. The van der Waals surface area contributed by atoms with Gasteiger partial charge in [-0.15, -0.1) is 11.8 Å². The fraction of sp³-hybridized carbons (Fsp3) is 0.652. The second-order valence-corrected chi connectivity index (χ2v) is 13.2. The van der Waals surface area contributed by atoms with Crippen molar-refractivity contribution in [3.63, 3.8) is 0 Å². The lowest BCUT2D eigenvalue weighted by atomic mass is 10.2. The zero-order valence-corrected chi connectivity index (χ0v) is 18.7. The molecule has 0 saturated heterocycles. The molecule has 1 aromatic rings. The lowest BCUT2D eigenvalue weighted by molar-refractivity contribution is 0.0790. The van der Waals surface area contributed by atoms with Crippen molar-refractivity contribution in [1.29, 1.82) is 0 Å². The Kier molecular flexibility index (Phi) is 10.2. The average Bonchev–Trinajstić information content (AvgIpc) is 2.58. The predicted octanol–water partition coefficient (Wildman–Crippen LogP) is 6.57. The van der Waals surface area contributed by atoms with Crippen LogP contribution < -0.4 is 0 Å². The summed E-state index contributed by atoms with van der Waals surface area (Å²) in [6.07, 6.45) is 5.26. The Hall–Kier alpha value is -1.08. The van der Waals surface area contributed by atoms with Crippen LogP contribution in [0.2, 0.25) is 18.1 Å². The first kappa shape index (κ1) is 23.0. The molecule has 0 N–H and O–H groups in total. The van der Waals surface area contributed by atoms with Gasteiger partial charge in [-0.2, -0.15) is 0 Å². The number of hydrogen-bond donors (Lipinski definition) is 0. The fourth-order valence-electron chi connectivity index (χ4n) is 2.31. The van der Waals surface area contributed by atoms with Crippen LogP contribution in [-0.2, 0) is 15.8 Å². The molecule has 0 aliphatic heterocycles. The number of rotatable bonds is 10. The molecule has 0 amide bonds. The van der Waals surface area contributed by atoms with E-state index in [1.165, 1.54) is 18.4 Å². The Balaban J connectivity index is 2.54. The van der Waals surface area contributed by atoms with Crippen LogP contribution in [0.3, 0.4) is 0 Å². The molecule has 1 aromatic carbocycles. The highest BCUT2D eigenvalue weighted by molar-refractivity contribution is 6.74. The summed E-state index contributed by atoms with van der Waals surface area (Å²) in [6.45, 7) is 15.1. The van der Waals surface area contributed by atoms with Gasteiger partial charge in [0.25, 0.3) is 0 Å². The van der Waals surface area contributed by atoms with Crippen molar-refractivity contribution >= 4 is 8.32 Å². The van der Waals surface area contributed by atoms with Gasteiger partial charge in [0.05, 0.1) is 12.7 Å². The highest BCUT2D eigenvalue weighted by Crippen LogP contribution is 2.37. The Morgan fingerprint density at radius 3 is 2.38 bits per heavy atom. The zero-order valence-electron chi connectivity index (χ0n) is 17.7. The highest BCUT2D eigenvalue weighted by atomic mass is 28.4. The van der Waals surface area contributed by atoms with E-state index in [2.05, 4.69) is 64.8 Å². The van der Waals surface area contributed by atoms with E-state index < -0.39 is 8.32 Å². The Morgan fingerprint density at radius 1 is 1.08 bits per heavy atom. The van der Waals surface area contributed by atoms with Gasteiger partial charge in [0, 0.05) is 19.4 Å². The minimum absolute atomic E-state index is 0.167. The molecular weight excluding hydrogens is 336 g/mol. The maximum absolute atomic E-state index is 6.62. The third kappa shape index (κ3) is 9.03. The van der Waals surface area contributed by atoms with E-state index in [0.717, 1.165) is 19.3 Å². The molecule has 0 fully saturated rings. The first-order chi connectivity index (χ1) is 12.3. The van der Waals surface area contributed by atoms with Gasteiger partial charge in [-0.1, -0.05) is 64.4 Å². The second-order valence-electron chi connectivity index (χ2n) is 8.49. The number of unbranched alkanes of at least 4 members (excludes halogenated alkanes) is 2. The van der Waals surface area contributed by atoms with Crippen LogP contribution in [0.15, 0.2) is 30.3 Å². The van der Waals surface area contributed by atoms with E-state index >= 15 is 0 Å². The van der Waals surface area contributed by atoms with E-state index in [4.69, 9.17) is 9.16 Å². The summed E-state index contributed by atoms with van der Waals surface area (Å²) in [4.78, 5) is 0. The highest BCUT2D eigenvalue weighted by Gasteiger charge is 2.38. The van der Waals surface area contributed by atoms with Crippen molar-refractivity contribution in [2.24, 2.45) is 0 Å². The van der Waals surface area contributed by atoms with Gasteiger partial charge in [0.2, 0.25) is 0 Å². The van der Waals surface area contributed by atoms with Crippen LogP contribution in [0.4, 0.5) is 0 Å². The zero-order chi connectivity index (χ0) is 19.5. The summed E-state index contributed by atoms with van der Waals surface area (Å²) in [7, 11) is -1.79. The first-order valence-electron chi connectivity index (χ1n) is 10.0. The SMILES string of the molecule is CCCCC#CC[C@H](CCOCc1ccccc1)O[Si](C)(C)C(C)(C)C. The molecule has 0 aromatic heterocycles. The molecule has 26 heavy (non-hydrogen) atoms. The van der Waals surface area contributed by atoms with E-state index in [9.17, 15) is 0 Å². The van der Waals surface area contributed by atoms with E-state index in [0.29, 0.717) is 13.2 Å². The van der Waals surface area contributed by atoms with Crippen LogP contribution in [0, 0.1) is 11.8 Å². The maximum atomic E-state index is 6.62. The molecule has 1 atom stereocenters. The molecule has 146 valence electrons. The largest absolute Gasteiger partial charge is 0.413 e. The van der Waals surface area contributed by atoms with Crippen LogP contribution in [0.5, 0.6) is 0 Å². The summed E-state index contributed by atoms with van der Waals surface area (Å²) < 4.78 is 12.5. The summed E-state index contributed by atoms with van der Waals surface area (Å²) in [5.41, 5.74) is 1.22. The topological polar surface area (TPSA) is 18.5 Å². The molecule has 0 aliphatic carbocycles. The number of ether oxygens (including phenoxy) is 1. The maximum Gasteiger partial charge on any atom is 0.192 e. The van der Waals surface area contributed by atoms with Crippen molar-refractivity contribution in [2.45, 2.75) is 90.6 Å². The van der Waals surface area contributed by atoms with Gasteiger partial charge in [-0.3, -0.25) is 0 Å². The lowest BCUT2D eigenvalue weighted by Crippen LogP contribution is -2.44.